The van der Waals surface area contributed by atoms with Gasteiger partial charge in [0.15, 0.2) is 5.03 Å². The second kappa shape index (κ2) is 9.93. The molecule has 0 unspecified atom stereocenters. The summed E-state index contributed by atoms with van der Waals surface area (Å²) >= 11 is 0. The molecule has 1 aromatic heterocycles. The van der Waals surface area contributed by atoms with Crippen LogP contribution in [0.25, 0.3) is 0 Å². The zero-order valence-corrected chi connectivity index (χ0v) is 20.3. The number of nitrogens with one attached hydrogen (secondary N) is 1. The Hall–Kier alpha value is -3.62. The van der Waals surface area contributed by atoms with Crippen molar-refractivity contribution in [3.8, 4) is 5.75 Å². The van der Waals surface area contributed by atoms with Gasteiger partial charge in [-0.25, -0.2) is 13.4 Å². The van der Waals surface area contributed by atoms with Crippen molar-refractivity contribution in [1.82, 2.24) is 13.9 Å². The molecular formula is C27H28N4O3S. The summed E-state index contributed by atoms with van der Waals surface area (Å²) in [6.07, 6.45) is 3.05. The largest absolute Gasteiger partial charge is 0.489 e. The van der Waals surface area contributed by atoms with E-state index in [0.717, 1.165) is 22.6 Å². The maximum absolute atomic E-state index is 13.3. The van der Waals surface area contributed by atoms with E-state index in [-0.39, 0.29) is 17.0 Å². The number of aromatic nitrogens is 2. The molecule has 8 heteroatoms. The maximum atomic E-state index is 13.3. The highest BCUT2D eigenvalue weighted by atomic mass is 32.2. The molecule has 0 radical (unpaired) electrons. The maximum Gasteiger partial charge on any atom is 0.262 e. The fraction of sp³-hybridized carbons (Fsp3) is 0.222. The standard InChI is InChI=1S/C27H28N4O3S/c1-30-18-27(28-20-30)35(32,33)31-16-25(22-11-6-3-7-12-22)26(17-31)29-23-13-8-14-24(15-23)34-19-21-9-4-2-5-10-21/h2-15,18,20,25-26,29H,16-17,19H2,1H3/t25-,26+/m1/s1. The molecule has 1 aliphatic heterocycles. The molecule has 7 nitrogen and oxygen atoms in total. The van der Waals surface area contributed by atoms with Crippen LogP contribution in [0.4, 0.5) is 5.69 Å². The monoisotopic (exact) mass is 488 g/mol. The number of hydrogen-bond donors (Lipinski definition) is 1. The first-order chi connectivity index (χ1) is 17.0. The Bertz CT molecular complexity index is 1370. The van der Waals surface area contributed by atoms with Gasteiger partial charge in [0, 0.05) is 50.0 Å². The summed E-state index contributed by atoms with van der Waals surface area (Å²) in [4.78, 5) is 4.09. The highest BCUT2D eigenvalue weighted by molar-refractivity contribution is 7.89. The van der Waals surface area contributed by atoms with Crippen molar-refractivity contribution in [1.29, 1.82) is 0 Å². The van der Waals surface area contributed by atoms with Crippen molar-refractivity contribution in [2.45, 2.75) is 23.6 Å². The minimum Gasteiger partial charge on any atom is -0.489 e. The van der Waals surface area contributed by atoms with Crippen LogP contribution in [0.1, 0.15) is 17.0 Å². The summed E-state index contributed by atoms with van der Waals surface area (Å²) in [6, 6.07) is 27.8. The Morgan fingerprint density at radius 2 is 1.71 bits per heavy atom. The van der Waals surface area contributed by atoms with Crippen LogP contribution in [0.2, 0.25) is 0 Å². The van der Waals surface area contributed by atoms with Crippen molar-refractivity contribution in [3.63, 3.8) is 0 Å². The SMILES string of the molecule is Cn1cnc(S(=O)(=O)N2C[C@H](Nc3cccc(OCc4ccccc4)c3)[C@@H](c3ccccc3)C2)c1. The Morgan fingerprint density at radius 1 is 0.971 bits per heavy atom. The van der Waals surface area contributed by atoms with E-state index >= 15 is 0 Å². The number of imidazole rings is 1. The van der Waals surface area contributed by atoms with Gasteiger partial charge in [0.25, 0.3) is 10.0 Å². The van der Waals surface area contributed by atoms with E-state index in [1.165, 1.54) is 10.6 Å². The van der Waals surface area contributed by atoms with Crippen LogP contribution in [0.15, 0.2) is 102 Å². The second-order valence-electron chi connectivity index (χ2n) is 8.77. The molecule has 0 saturated carbocycles. The third-order valence-electron chi connectivity index (χ3n) is 6.23. The lowest BCUT2D eigenvalue weighted by molar-refractivity contribution is 0.306. The van der Waals surface area contributed by atoms with E-state index in [2.05, 4.69) is 22.4 Å². The first kappa shape index (κ1) is 23.1. The van der Waals surface area contributed by atoms with Gasteiger partial charge >= 0.3 is 0 Å². The number of rotatable bonds is 8. The number of hydrogen-bond acceptors (Lipinski definition) is 5. The quantitative estimate of drug-likeness (QED) is 0.401. The normalized spacial score (nSPS) is 18.4. The molecule has 1 aliphatic rings. The third kappa shape index (κ3) is 5.23. The van der Waals surface area contributed by atoms with Gasteiger partial charge in [0.05, 0.1) is 6.33 Å². The summed E-state index contributed by atoms with van der Waals surface area (Å²) in [7, 11) is -1.93. The summed E-state index contributed by atoms with van der Waals surface area (Å²) < 4.78 is 35.8. The topological polar surface area (TPSA) is 76.5 Å². The number of benzene rings is 3. The average molecular weight is 489 g/mol. The molecule has 0 amide bonds. The van der Waals surface area contributed by atoms with Gasteiger partial charge in [0.1, 0.15) is 12.4 Å². The number of aryl methyl sites for hydroxylation is 1. The molecule has 3 aromatic carbocycles. The van der Waals surface area contributed by atoms with Gasteiger partial charge in [-0.1, -0.05) is 66.7 Å². The van der Waals surface area contributed by atoms with Crippen LogP contribution < -0.4 is 10.1 Å². The predicted octanol–water partition coefficient (Wildman–Crippen LogP) is 4.27. The zero-order chi connectivity index (χ0) is 24.3. The van der Waals surface area contributed by atoms with Crippen LogP contribution in [-0.4, -0.2) is 41.4 Å². The van der Waals surface area contributed by atoms with Crippen molar-refractivity contribution in [2.75, 3.05) is 18.4 Å². The van der Waals surface area contributed by atoms with E-state index in [1.54, 1.807) is 17.8 Å². The Morgan fingerprint density at radius 3 is 2.43 bits per heavy atom. The molecule has 1 fully saturated rings. The van der Waals surface area contributed by atoms with Crippen molar-refractivity contribution >= 4 is 15.7 Å². The molecule has 1 saturated heterocycles. The Balaban J connectivity index is 1.36. The van der Waals surface area contributed by atoms with Gasteiger partial charge in [-0.2, -0.15) is 4.31 Å². The fourth-order valence-electron chi connectivity index (χ4n) is 4.43. The summed E-state index contributed by atoms with van der Waals surface area (Å²) in [6.45, 7) is 1.20. The molecule has 180 valence electrons. The minimum absolute atomic E-state index is 0.0106. The number of anilines is 1. The van der Waals surface area contributed by atoms with Crippen LogP contribution in [0, 0.1) is 0 Å². The second-order valence-corrected chi connectivity index (χ2v) is 10.7. The molecule has 5 rings (SSSR count). The highest BCUT2D eigenvalue weighted by Crippen LogP contribution is 2.33. The van der Waals surface area contributed by atoms with E-state index in [1.807, 2.05) is 72.8 Å². The van der Waals surface area contributed by atoms with Gasteiger partial charge in [0.2, 0.25) is 0 Å². The van der Waals surface area contributed by atoms with Gasteiger partial charge in [-0.15, -0.1) is 0 Å². The van der Waals surface area contributed by atoms with Crippen molar-refractivity contribution in [2.24, 2.45) is 7.05 Å². The average Bonchev–Trinajstić information content (AvgIpc) is 3.52. The minimum atomic E-state index is -3.69. The van der Waals surface area contributed by atoms with Gasteiger partial charge < -0.3 is 14.6 Å². The summed E-state index contributed by atoms with van der Waals surface area (Å²) in [5.74, 6) is 0.745. The molecule has 2 atom stereocenters. The molecule has 35 heavy (non-hydrogen) atoms. The van der Waals surface area contributed by atoms with Crippen LogP contribution in [-0.2, 0) is 23.7 Å². The van der Waals surface area contributed by atoms with Crippen LogP contribution in [0.3, 0.4) is 0 Å². The predicted molar refractivity (Wildman–Crippen MR) is 136 cm³/mol. The van der Waals surface area contributed by atoms with Gasteiger partial charge in [-0.3, -0.25) is 0 Å². The fourth-order valence-corrected chi connectivity index (χ4v) is 5.89. The Labute approximate surface area is 206 Å². The smallest absolute Gasteiger partial charge is 0.262 e. The molecule has 0 bridgehead atoms. The number of ether oxygens (including phenoxy) is 1. The van der Waals surface area contributed by atoms with Crippen molar-refractivity contribution < 1.29 is 13.2 Å². The first-order valence-electron chi connectivity index (χ1n) is 11.6. The van der Waals surface area contributed by atoms with Crippen molar-refractivity contribution in [3.05, 3.63) is 109 Å². The molecule has 0 aliphatic carbocycles. The Kier molecular flexibility index (Phi) is 6.57. The lowest BCUT2D eigenvalue weighted by Crippen LogP contribution is -2.32. The molecule has 1 N–H and O–H groups in total. The third-order valence-corrected chi connectivity index (χ3v) is 7.95. The van der Waals surface area contributed by atoms with E-state index in [4.69, 9.17) is 4.74 Å². The molecule has 4 aromatic rings. The lowest BCUT2D eigenvalue weighted by Gasteiger charge is -2.21. The zero-order valence-electron chi connectivity index (χ0n) is 19.5. The number of nitrogens with zero attached hydrogens (tertiary/aromatic N) is 3. The lowest BCUT2D eigenvalue weighted by atomic mass is 9.94. The summed E-state index contributed by atoms with van der Waals surface area (Å²) in [5.41, 5.74) is 3.08. The van der Waals surface area contributed by atoms with E-state index < -0.39 is 10.0 Å². The van der Waals surface area contributed by atoms with E-state index in [9.17, 15) is 8.42 Å². The molecular weight excluding hydrogens is 460 g/mol. The molecule has 2 heterocycles. The van der Waals surface area contributed by atoms with E-state index in [0.29, 0.717) is 19.7 Å². The van der Waals surface area contributed by atoms with Gasteiger partial charge in [-0.05, 0) is 23.3 Å². The molecule has 0 spiro atoms. The summed E-state index contributed by atoms with van der Waals surface area (Å²) in [5, 5.41) is 3.65. The first-order valence-corrected chi connectivity index (χ1v) is 13.0. The number of sulfonamides is 1. The van der Waals surface area contributed by atoms with Crippen LogP contribution in [0.5, 0.6) is 5.75 Å². The van der Waals surface area contributed by atoms with Crippen LogP contribution >= 0.6 is 0 Å². The highest BCUT2D eigenvalue weighted by Gasteiger charge is 2.41.